The number of hydrogen-bond donors (Lipinski definition) is 0. The van der Waals surface area contributed by atoms with Gasteiger partial charge in [0.1, 0.15) is 5.02 Å². The maximum Gasteiger partial charge on any atom is 0.235 e. The topological polar surface area (TPSA) is 22.1 Å². The van der Waals surface area contributed by atoms with Crippen LogP contribution >= 0.6 is 23.2 Å². The summed E-state index contributed by atoms with van der Waals surface area (Å²) in [7, 11) is 1.35. The molecule has 1 heterocycles. The highest BCUT2D eigenvalue weighted by Gasteiger charge is 2.07. The molecule has 0 radical (unpaired) electrons. The fourth-order valence-electron chi connectivity index (χ4n) is 0.572. The van der Waals surface area contributed by atoms with Gasteiger partial charge in [0.05, 0.1) is 12.1 Å². The van der Waals surface area contributed by atoms with E-state index in [0.717, 1.165) is 0 Å². The molecule has 0 N–H and O–H groups in total. The number of rotatable bonds is 1. The Labute approximate surface area is 72.9 Å². The van der Waals surface area contributed by atoms with Gasteiger partial charge in [-0.05, 0) is 6.07 Å². The van der Waals surface area contributed by atoms with Gasteiger partial charge in [0, 0.05) is 0 Å². The Morgan fingerprint density at radius 2 is 2.09 bits per heavy atom. The van der Waals surface area contributed by atoms with Gasteiger partial charge in [0.2, 0.25) is 11.8 Å². The third-order valence-corrected chi connectivity index (χ3v) is 1.58. The molecule has 0 amide bonds. The molecule has 0 spiro atoms. The average Bonchev–Trinajstić information content (AvgIpc) is 1.97. The summed E-state index contributed by atoms with van der Waals surface area (Å²) in [4.78, 5) is 3.34. The molecule has 5 heteroatoms. The first-order valence-electron chi connectivity index (χ1n) is 2.70. The van der Waals surface area contributed by atoms with Gasteiger partial charge in [-0.2, -0.15) is 9.37 Å². The van der Waals surface area contributed by atoms with Crippen molar-refractivity contribution in [3.63, 3.8) is 0 Å². The molecule has 1 aromatic rings. The lowest BCUT2D eigenvalue weighted by molar-refractivity contribution is 0.388. The van der Waals surface area contributed by atoms with E-state index in [1.54, 1.807) is 0 Å². The zero-order chi connectivity index (χ0) is 8.43. The second-order valence-electron chi connectivity index (χ2n) is 1.75. The summed E-state index contributed by atoms with van der Waals surface area (Å²) < 4.78 is 17.2. The standard InChI is InChI=1S/C6H4Cl2FNO/c1-11-6-4(8)2-3(7)5(9)10-6/h2H,1H3. The smallest absolute Gasteiger partial charge is 0.235 e. The zero-order valence-corrected chi connectivity index (χ0v) is 7.08. The fourth-order valence-corrected chi connectivity index (χ4v) is 1.01. The Balaban J connectivity index is 3.21. The molecule has 0 aliphatic carbocycles. The van der Waals surface area contributed by atoms with E-state index in [1.807, 2.05) is 0 Å². The molecule has 0 fully saturated rings. The predicted molar refractivity (Wildman–Crippen MR) is 40.8 cm³/mol. The highest BCUT2D eigenvalue weighted by Crippen LogP contribution is 2.26. The van der Waals surface area contributed by atoms with E-state index in [-0.39, 0.29) is 15.9 Å². The van der Waals surface area contributed by atoms with Crippen LogP contribution < -0.4 is 4.74 Å². The van der Waals surface area contributed by atoms with Gasteiger partial charge in [-0.25, -0.2) is 0 Å². The third-order valence-electron chi connectivity index (χ3n) is 1.05. The highest BCUT2D eigenvalue weighted by molar-refractivity contribution is 6.35. The molecule has 1 rings (SSSR count). The maximum absolute atomic E-state index is 12.6. The van der Waals surface area contributed by atoms with Gasteiger partial charge in [0.15, 0.2) is 0 Å². The Kier molecular flexibility index (Phi) is 2.52. The average molecular weight is 196 g/mol. The first kappa shape index (κ1) is 8.56. The van der Waals surface area contributed by atoms with Crippen molar-refractivity contribution in [2.24, 2.45) is 0 Å². The molecule has 60 valence electrons. The lowest BCUT2D eigenvalue weighted by atomic mass is 10.5. The van der Waals surface area contributed by atoms with Gasteiger partial charge < -0.3 is 4.74 Å². The molecule has 0 aromatic carbocycles. The van der Waals surface area contributed by atoms with Crippen LogP contribution in [0.1, 0.15) is 0 Å². The van der Waals surface area contributed by atoms with E-state index in [2.05, 4.69) is 9.72 Å². The van der Waals surface area contributed by atoms with Crippen molar-refractivity contribution >= 4 is 23.2 Å². The molecule has 0 aliphatic rings. The molecule has 0 bridgehead atoms. The summed E-state index contributed by atoms with van der Waals surface area (Å²) in [5.41, 5.74) is 0. The Hall–Kier alpha value is -0.540. The second kappa shape index (κ2) is 3.24. The Morgan fingerprint density at radius 3 is 2.64 bits per heavy atom. The minimum Gasteiger partial charge on any atom is -0.480 e. The first-order chi connectivity index (χ1) is 5.15. The maximum atomic E-state index is 12.6. The predicted octanol–water partition coefficient (Wildman–Crippen LogP) is 2.54. The molecule has 0 aliphatic heterocycles. The van der Waals surface area contributed by atoms with Gasteiger partial charge in [0.25, 0.3) is 0 Å². The summed E-state index contributed by atoms with van der Waals surface area (Å²) in [5, 5.41) is 0.0784. The van der Waals surface area contributed by atoms with Gasteiger partial charge >= 0.3 is 0 Å². The monoisotopic (exact) mass is 195 g/mol. The lowest BCUT2D eigenvalue weighted by Gasteiger charge is -2.01. The summed E-state index contributed by atoms with van der Waals surface area (Å²) in [6.45, 7) is 0. The molecule has 0 atom stereocenters. The largest absolute Gasteiger partial charge is 0.480 e. The Morgan fingerprint density at radius 1 is 1.45 bits per heavy atom. The SMILES string of the molecule is COc1nc(F)c(Cl)cc1Cl. The van der Waals surface area contributed by atoms with Crippen molar-refractivity contribution in [1.82, 2.24) is 4.98 Å². The fraction of sp³-hybridized carbons (Fsp3) is 0.167. The lowest BCUT2D eigenvalue weighted by Crippen LogP contribution is -1.92. The number of pyridine rings is 1. The molecule has 0 saturated carbocycles. The van der Waals surface area contributed by atoms with Crippen LogP contribution in [0.25, 0.3) is 0 Å². The van der Waals surface area contributed by atoms with Crippen LogP contribution in [0.5, 0.6) is 5.88 Å². The van der Waals surface area contributed by atoms with Crippen LogP contribution in [0.2, 0.25) is 10.0 Å². The summed E-state index contributed by atoms with van der Waals surface area (Å²) in [6, 6.07) is 1.24. The van der Waals surface area contributed by atoms with E-state index < -0.39 is 5.95 Å². The molecule has 2 nitrogen and oxygen atoms in total. The van der Waals surface area contributed by atoms with Crippen LogP contribution in [0, 0.1) is 5.95 Å². The third kappa shape index (κ3) is 1.73. The number of ether oxygens (including phenoxy) is 1. The molecule has 11 heavy (non-hydrogen) atoms. The summed E-state index contributed by atoms with van der Waals surface area (Å²) >= 11 is 10.9. The first-order valence-corrected chi connectivity index (χ1v) is 3.46. The number of methoxy groups -OCH3 is 1. The molecule has 0 saturated heterocycles. The number of nitrogens with zero attached hydrogens (tertiary/aromatic N) is 1. The normalized spacial score (nSPS) is 9.82. The van der Waals surface area contributed by atoms with E-state index in [0.29, 0.717) is 0 Å². The van der Waals surface area contributed by atoms with Crippen molar-refractivity contribution in [3.8, 4) is 5.88 Å². The van der Waals surface area contributed by atoms with Crippen LogP contribution in [-0.4, -0.2) is 12.1 Å². The molecular formula is C6H4Cl2FNO. The number of halogens is 3. The van der Waals surface area contributed by atoms with Crippen molar-refractivity contribution in [2.45, 2.75) is 0 Å². The summed E-state index contributed by atoms with van der Waals surface area (Å²) in [6.07, 6.45) is 0. The van der Waals surface area contributed by atoms with E-state index in [4.69, 9.17) is 23.2 Å². The zero-order valence-electron chi connectivity index (χ0n) is 5.57. The van der Waals surface area contributed by atoms with E-state index in [1.165, 1.54) is 13.2 Å². The van der Waals surface area contributed by atoms with Crippen molar-refractivity contribution in [3.05, 3.63) is 22.1 Å². The van der Waals surface area contributed by atoms with Gasteiger partial charge in [-0.1, -0.05) is 23.2 Å². The minimum atomic E-state index is -0.784. The molecule has 1 aromatic heterocycles. The van der Waals surface area contributed by atoms with Crippen LogP contribution in [0.15, 0.2) is 6.07 Å². The van der Waals surface area contributed by atoms with Crippen molar-refractivity contribution in [1.29, 1.82) is 0 Å². The van der Waals surface area contributed by atoms with Gasteiger partial charge in [-0.3, -0.25) is 0 Å². The van der Waals surface area contributed by atoms with Gasteiger partial charge in [-0.15, -0.1) is 0 Å². The van der Waals surface area contributed by atoms with Crippen LogP contribution in [-0.2, 0) is 0 Å². The number of hydrogen-bond acceptors (Lipinski definition) is 2. The molecular weight excluding hydrogens is 192 g/mol. The summed E-state index contributed by atoms with van der Waals surface area (Å²) in [5.74, 6) is -0.749. The minimum absolute atomic E-state index is 0.0357. The highest BCUT2D eigenvalue weighted by atomic mass is 35.5. The van der Waals surface area contributed by atoms with Crippen molar-refractivity contribution in [2.75, 3.05) is 7.11 Å². The number of aromatic nitrogens is 1. The van der Waals surface area contributed by atoms with Crippen molar-refractivity contribution < 1.29 is 9.13 Å². The quantitative estimate of drug-likeness (QED) is 0.643. The molecule has 0 unspecified atom stereocenters. The van der Waals surface area contributed by atoms with Crippen LogP contribution in [0.4, 0.5) is 4.39 Å². The second-order valence-corrected chi connectivity index (χ2v) is 2.57. The van der Waals surface area contributed by atoms with E-state index >= 15 is 0 Å². The van der Waals surface area contributed by atoms with E-state index in [9.17, 15) is 4.39 Å². The Bertz CT molecular complexity index is 280. The van der Waals surface area contributed by atoms with Crippen LogP contribution in [0.3, 0.4) is 0 Å².